The lowest BCUT2D eigenvalue weighted by molar-refractivity contribution is -0.387. The molecule has 4 aromatic carbocycles. The molecule has 4 aromatic rings. The van der Waals surface area contributed by atoms with Crippen molar-refractivity contribution in [2.45, 2.75) is 34.7 Å². The molecule has 0 aliphatic carbocycles. The number of hydrogen-bond acceptors (Lipinski definition) is 7. The number of alkyl halides is 6. The highest BCUT2D eigenvalue weighted by molar-refractivity contribution is 8.00. The average Bonchev–Trinajstić information content (AvgIpc) is 2.95. The van der Waals surface area contributed by atoms with E-state index in [1.165, 1.54) is 24.3 Å². The van der Waals surface area contributed by atoms with Crippen molar-refractivity contribution in [3.8, 4) is 33.8 Å². The fraction of sp³-hybridized carbons (Fsp3) is 0.143. The van der Waals surface area contributed by atoms with Gasteiger partial charge >= 0.3 is 11.0 Å². The Hall–Kier alpha value is -3.80. The molecule has 0 fully saturated rings. The first-order valence-corrected chi connectivity index (χ1v) is 14.8. The first-order chi connectivity index (χ1) is 21.7. The predicted molar refractivity (Wildman–Crippen MR) is 160 cm³/mol. The van der Waals surface area contributed by atoms with Crippen LogP contribution in [0.5, 0.6) is 11.5 Å². The Morgan fingerprint density at radius 1 is 0.638 bits per heavy atom. The van der Waals surface area contributed by atoms with Crippen LogP contribution < -0.4 is 4.74 Å². The van der Waals surface area contributed by atoms with Crippen LogP contribution in [0, 0.1) is 45.7 Å². The number of rotatable bonds is 8. The van der Waals surface area contributed by atoms with Crippen LogP contribution in [0.3, 0.4) is 0 Å². The van der Waals surface area contributed by atoms with Crippen LogP contribution in [0.2, 0.25) is 10.0 Å². The largest absolute Gasteiger partial charge is 0.448 e. The van der Waals surface area contributed by atoms with Gasteiger partial charge in [0.1, 0.15) is 31.0 Å². The Kier molecular flexibility index (Phi) is 10.3. The normalized spacial score (nSPS) is 11.9. The Bertz CT molecular complexity index is 1770. The standard InChI is InChI=1S/C28H14Cl2F8N2O5S2/c1-11-3-7-13(8-4-11)15-19(31)23(17(29)25(21(15)39(41)42)46-27(33,34)35)45-24-18(30)26(47-28(36,37)38)22(40(43)44)16(20(24)32)14-9-5-12(2)6-10-14/h3-10H,1-2H3. The molecule has 0 N–H and O–H groups in total. The van der Waals surface area contributed by atoms with Crippen LogP contribution in [0.25, 0.3) is 22.3 Å². The van der Waals surface area contributed by atoms with Crippen LogP contribution in [0.1, 0.15) is 11.1 Å². The Balaban J connectivity index is 2.15. The van der Waals surface area contributed by atoms with Gasteiger partial charge in [-0.15, -0.1) is 0 Å². The molecule has 0 atom stereocenters. The third-order valence-electron chi connectivity index (χ3n) is 6.22. The molecule has 0 aromatic heterocycles. The van der Waals surface area contributed by atoms with Crippen molar-refractivity contribution >= 4 is 58.1 Å². The summed E-state index contributed by atoms with van der Waals surface area (Å²) in [5.41, 5.74) is -15.2. The van der Waals surface area contributed by atoms with E-state index >= 15 is 8.78 Å². The molecule has 0 radical (unpaired) electrons. The summed E-state index contributed by atoms with van der Waals surface area (Å²) < 4.78 is 120. The minimum Gasteiger partial charge on any atom is -0.448 e. The molecule has 47 heavy (non-hydrogen) atoms. The van der Waals surface area contributed by atoms with Crippen LogP contribution in [-0.4, -0.2) is 20.9 Å². The molecule has 0 saturated carbocycles. The van der Waals surface area contributed by atoms with Crippen molar-refractivity contribution in [3.63, 3.8) is 0 Å². The summed E-state index contributed by atoms with van der Waals surface area (Å²) in [4.78, 5) is 18.6. The molecule has 0 unspecified atom stereocenters. The summed E-state index contributed by atoms with van der Waals surface area (Å²) in [6, 6.07) is 9.83. The SMILES string of the molecule is Cc1ccc(-c2c(F)c(Oc3c(F)c(-c4ccc(C)cc4)c([N+](=O)[O-])c(SC(F)(F)F)c3Cl)c(Cl)c(SC(F)(F)F)c2[N+](=O)[O-])cc1. The van der Waals surface area contributed by atoms with Gasteiger partial charge in [0.25, 0.3) is 11.4 Å². The van der Waals surface area contributed by atoms with E-state index in [-0.39, 0.29) is 11.1 Å². The van der Waals surface area contributed by atoms with Gasteiger partial charge in [0.05, 0.1) is 9.85 Å². The smallest absolute Gasteiger partial charge is 0.446 e. The van der Waals surface area contributed by atoms with Gasteiger partial charge in [0.15, 0.2) is 23.1 Å². The number of ether oxygens (including phenoxy) is 1. The maximum Gasteiger partial charge on any atom is 0.446 e. The monoisotopic (exact) mass is 744 g/mol. The predicted octanol–water partition coefficient (Wildman–Crippen LogP) is 12.1. The Morgan fingerprint density at radius 2 is 0.936 bits per heavy atom. The van der Waals surface area contributed by atoms with Gasteiger partial charge in [-0.1, -0.05) is 82.9 Å². The zero-order valence-corrected chi connectivity index (χ0v) is 26.3. The summed E-state index contributed by atoms with van der Waals surface area (Å²) in [7, 11) is 0. The quantitative estimate of drug-likeness (QED) is 0.0767. The molecular weight excluding hydrogens is 731 g/mol. The maximum absolute atomic E-state index is 16.3. The van der Waals surface area contributed by atoms with Gasteiger partial charge in [0, 0.05) is 0 Å². The number of thioether (sulfide) groups is 2. The van der Waals surface area contributed by atoms with Crippen molar-refractivity contribution in [1.29, 1.82) is 0 Å². The molecule has 0 aliphatic rings. The summed E-state index contributed by atoms with van der Waals surface area (Å²) in [6.07, 6.45) is 0. The van der Waals surface area contributed by atoms with Gasteiger partial charge in [-0.05, 0) is 48.5 Å². The fourth-order valence-electron chi connectivity index (χ4n) is 4.28. The van der Waals surface area contributed by atoms with Gasteiger partial charge in [0.2, 0.25) is 0 Å². The lowest BCUT2D eigenvalue weighted by Gasteiger charge is -2.20. The zero-order chi connectivity index (χ0) is 35.2. The van der Waals surface area contributed by atoms with E-state index in [2.05, 4.69) is 0 Å². The lowest BCUT2D eigenvalue weighted by Crippen LogP contribution is -2.08. The van der Waals surface area contributed by atoms with Crippen molar-refractivity contribution in [2.75, 3.05) is 0 Å². The maximum atomic E-state index is 16.3. The Morgan fingerprint density at radius 3 is 1.19 bits per heavy atom. The third kappa shape index (κ3) is 7.69. The molecule has 0 heterocycles. The van der Waals surface area contributed by atoms with Crippen molar-refractivity contribution in [2.24, 2.45) is 0 Å². The molecule has 0 spiro atoms. The van der Waals surface area contributed by atoms with E-state index in [0.29, 0.717) is 11.1 Å². The van der Waals surface area contributed by atoms with E-state index in [9.17, 15) is 46.6 Å². The molecule has 0 bridgehead atoms. The minimum absolute atomic E-state index is 0.353. The van der Waals surface area contributed by atoms with E-state index < -0.39 is 110 Å². The van der Waals surface area contributed by atoms with Gasteiger partial charge in [-0.3, -0.25) is 20.2 Å². The highest BCUT2D eigenvalue weighted by Crippen LogP contribution is 2.57. The topological polar surface area (TPSA) is 95.5 Å². The Labute approximate surface area is 277 Å². The fourth-order valence-corrected chi connectivity index (χ4v) is 6.31. The average molecular weight is 745 g/mol. The van der Waals surface area contributed by atoms with Crippen LogP contribution in [0.15, 0.2) is 58.3 Å². The number of halogens is 10. The van der Waals surface area contributed by atoms with E-state index in [1.54, 1.807) is 13.8 Å². The second-order valence-electron chi connectivity index (χ2n) is 9.46. The van der Waals surface area contributed by atoms with Gasteiger partial charge < -0.3 is 4.74 Å². The third-order valence-corrected chi connectivity index (χ3v) is 8.84. The number of nitro benzene ring substituents is 2. The van der Waals surface area contributed by atoms with E-state index in [1.807, 2.05) is 0 Å². The molecule has 19 heteroatoms. The van der Waals surface area contributed by atoms with Crippen molar-refractivity contribution < 1.29 is 49.7 Å². The van der Waals surface area contributed by atoms with Crippen molar-refractivity contribution in [3.05, 3.63) is 102 Å². The lowest BCUT2D eigenvalue weighted by atomic mass is 10.0. The summed E-state index contributed by atoms with van der Waals surface area (Å²) >= 11 is 9.85. The first-order valence-electron chi connectivity index (χ1n) is 12.4. The molecule has 0 amide bonds. The molecule has 248 valence electrons. The molecular formula is C28H14Cl2F8N2O5S2. The number of nitro groups is 2. The van der Waals surface area contributed by atoms with Crippen LogP contribution in [-0.2, 0) is 0 Å². The first kappa shape index (κ1) is 36.0. The second kappa shape index (κ2) is 13.4. The van der Waals surface area contributed by atoms with Gasteiger partial charge in [-0.25, -0.2) is 8.78 Å². The zero-order valence-electron chi connectivity index (χ0n) is 23.2. The number of benzene rings is 4. The van der Waals surface area contributed by atoms with E-state index in [0.717, 1.165) is 24.3 Å². The highest BCUT2D eigenvalue weighted by Gasteiger charge is 2.43. The minimum atomic E-state index is -5.26. The van der Waals surface area contributed by atoms with Crippen LogP contribution in [0.4, 0.5) is 46.5 Å². The van der Waals surface area contributed by atoms with Crippen molar-refractivity contribution in [1.82, 2.24) is 0 Å². The molecule has 7 nitrogen and oxygen atoms in total. The van der Waals surface area contributed by atoms with Crippen LogP contribution >= 0.6 is 46.7 Å². The highest BCUT2D eigenvalue weighted by atomic mass is 35.5. The molecule has 4 rings (SSSR count). The summed E-state index contributed by atoms with van der Waals surface area (Å²) in [5, 5.41) is 21.3. The second-order valence-corrected chi connectivity index (χ2v) is 12.4. The molecule has 0 aliphatic heterocycles. The van der Waals surface area contributed by atoms with Gasteiger partial charge in [-0.2, -0.15) is 26.3 Å². The number of aryl methyl sites for hydroxylation is 2. The summed E-state index contributed by atoms with van der Waals surface area (Å²) in [5.74, 6) is -6.61. The number of nitrogens with zero attached hydrogens (tertiary/aromatic N) is 2. The molecule has 0 saturated heterocycles. The number of hydrogen-bond donors (Lipinski definition) is 0. The summed E-state index contributed by atoms with van der Waals surface area (Å²) in [6.45, 7) is 3.16. The van der Waals surface area contributed by atoms with E-state index in [4.69, 9.17) is 27.9 Å².